The first-order chi connectivity index (χ1) is 7.93. The molecule has 3 heteroatoms. The van der Waals surface area contributed by atoms with Gasteiger partial charge in [0.25, 0.3) is 0 Å². The summed E-state index contributed by atoms with van der Waals surface area (Å²) < 4.78 is 1.38. The van der Waals surface area contributed by atoms with Crippen molar-refractivity contribution in [2.24, 2.45) is 0 Å². The van der Waals surface area contributed by atoms with Crippen LogP contribution in [0, 0.1) is 0 Å². The van der Waals surface area contributed by atoms with Crippen LogP contribution in [0.3, 0.4) is 0 Å². The quantitative estimate of drug-likeness (QED) is 0.659. The number of allylic oxidation sites excluding steroid dienone is 2. The van der Waals surface area contributed by atoms with Crippen molar-refractivity contribution >= 4 is 33.2 Å². The lowest BCUT2D eigenvalue weighted by Gasteiger charge is -2.13. The van der Waals surface area contributed by atoms with Gasteiger partial charge in [-0.25, -0.2) is 4.90 Å². The van der Waals surface area contributed by atoms with Crippen LogP contribution in [0.1, 0.15) is 10.4 Å². The predicted octanol–water partition coefficient (Wildman–Crippen LogP) is -0.357. The molecule has 0 spiro atoms. The molecule has 1 N–H and O–H groups in total. The van der Waals surface area contributed by atoms with Crippen LogP contribution in [-0.4, -0.2) is 0 Å². The lowest BCUT2D eigenvalue weighted by molar-refractivity contribution is -0.701. The Morgan fingerprint density at radius 2 is 1.94 bits per heavy atom. The van der Waals surface area contributed by atoms with Crippen LogP contribution < -0.4 is 17.3 Å². The van der Waals surface area contributed by atoms with Gasteiger partial charge >= 0.3 is 0 Å². The molecule has 0 bridgehead atoms. The first-order valence-electron chi connectivity index (χ1n) is 5.39. The summed E-state index contributed by atoms with van der Waals surface area (Å²) in [6.07, 6.45) is 11.0. The Kier molecular flexibility index (Phi) is 2.44. The summed E-state index contributed by atoms with van der Waals surface area (Å²) in [6, 6.07) is 8.64. The SMILES string of the molecule is C1=C[NH+]2C=Cc3c(sc4ccccc34)C2=C1.[Cl-]. The minimum Gasteiger partial charge on any atom is -1.00 e. The fourth-order valence-corrected chi connectivity index (χ4v) is 3.63. The topological polar surface area (TPSA) is 4.44 Å². The minimum atomic E-state index is 0. The van der Waals surface area contributed by atoms with Gasteiger partial charge < -0.3 is 12.4 Å². The Balaban J connectivity index is 0.000000902. The van der Waals surface area contributed by atoms with Crippen molar-refractivity contribution < 1.29 is 17.3 Å². The minimum absolute atomic E-state index is 0. The second kappa shape index (κ2) is 3.84. The van der Waals surface area contributed by atoms with Crippen molar-refractivity contribution in [3.05, 3.63) is 59.3 Å². The zero-order valence-electron chi connectivity index (χ0n) is 8.98. The number of rotatable bonds is 0. The van der Waals surface area contributed by atoms with Crippen LogP contribution in [0.15, 0.2) is 48.8 Å². The normalized spacial score (nSPS) is 19.8. The number of halogens is 1. The van der Waals surface area contributed by atoms with Gasteiger partial charge in [-0.15, -0.1) is 11.3 Å². The smallest absolute Gasteiger partial charge is 0.158 e. The summed E-state index contributed by atoms with van der Waals surface area (Å²) in [5.74, 6) is 0. The van der Waals surface area contributed by atoms with Crippen LogP contribution in [0.4, 0.5) is 0 Å². The molecule has 0 saturated carbocycles. The maximum atomic E-state index is 2.25. The first kappa shape index (κ1) is 10.8. The molecule has 1 atom stereocenters. The van der Waals surface area contributed by atoms with Crippen molar-refractivity contribution in [1.29, 1.82) is 0 Å². The average Bonchev–Trinajstić information content (AvgIpc) is 2.92. The van der Waals surface area contributed by atoms with Crippen molar-refractivity contribution in [1.82, 2.24) is 0 Å². The van der Waals surface area contributed by atoms with E-state index in [2.05, 4.69) is 54.9 Å². The Morgan fingerprint density at radius 1 is 1.06 bits per heavy atom. The molecule has 2 aliphatic rings. The number of thiophene rings is 1. The standard InChI is InChI=1S/C14H9NS.ClH/c1-2-6-13-10(4-1)11-7-9-15-8-3-5-12(15)14(11)16-13;/h1-9H;1H. The van der Waals surface area contributed by atoms with E-state index in [4.69, 9.17) is 0 Å². The molecule has 4 rings (SSSR count). The Hall–Kier alpha value is -1.35. The van der Waals surface area contributed by atoms with E-state index in [9.17, 15) is 0 Å². The summed E-state index contributed by atoms with van der Waals surface area (Å²) in [4.78, 5) is 2.77. The number of nitrogens with one attached hydrogen (secondary N) is 1. The van der Waals surface area contributed by atoms with Crippen molar-refractivity contribution in [3.8, 4) is 0 Å². The summed E-state index contributed by atoms with van der Waals surface area (Å²) in [5, 5.41) is 1.38. The Bertz CT molecular complexity index is 679. The summed E-state index contributed by atoms with van der Waals surface area (Å²) >= 11 is 1.90. The molecule has 0 radical (unpaired) electrons. The van der Waals surface area contributed by atoms with Crippen LogP contribution >= 0.6 is 11.3 Å². The van der Waals surface area contributed by atoms with E-state index in [1.807, 2.05) is 11.3 Å². The average molecular weight is 260 g/mol. The van der Waals surface area contributed by atoms with E-state index >= 15 is 0 Å². The third-order valence-electron chi connectivity index (χ3n) is 3.16. The zero-order chi connectivity index (χ0) is 10.5. The van der Waals surface area contributed by atoms with Crippen LogP contribution in [0.25, 0.3) is 21.9 Å². The van der Waals surface area contributed by atoms with E-state index in [0.29, 0.717) is 0 Å². The molecule has 17 heavy (non-hydrogen) atoms. The largest absolute Gasteiger partial charge is 1.00 e. The van der Waals surface area contributed by atoms with E-state index in [-0.39, 0.29) is 12.4 Å². The molecule has 1 unspecified atom stereocenters. The highest BCUT2D eigenvalue weighted by molar-refractivity contribution is 7.20. The summed E-state index contributed by atoms with van der Waals surface area (Å²) in [5.41, 5.74) is 2.78. The number of fused-ring (bicyclic) bond motifs is 5. The van der Waals surface area contributed by atoms with Gasteiger partial charge in [-0.1, -0.05) is 18.2 Å². The van der Waals surface area contributed by atoms with Crippen LogP contribution in [-0.2, 0) is 0 Å². The summed E-state index contributed by atoms with van der Waals surface area (Å²) in [7, 11) is 0. The van der Waals surface area contributed by atoms with E-state index in [1.54, 1.807) is 0 Å². The molecule has 84 valence electrons. The number of hydrogen-bond donors (Lipinski definition) is 1. The molecule has 0 aliphatic carbocycles. The molecule has 1 aromatic carbocycles. The van der Waals surface area contributed by atoms with Crippen molar-refractivity contribution in [2.45, 2.75) is 0 Å². The van der Waals surface area contributed by atoms with Gasteiger partial charge in [0, 0.05) is 27.8 Å². The molecule has 1 aromatic heterocycles. The lowest BCUT2D eigenvalue weighted by Crippen LogP contribution is -3.00. The van der Waals surface area contributed by atoms with Gasteiger partial charge in [0.1, 0.15) is 12.4 Å². The third-order valence-corrected chi connectivity index (χ3v) is 4.38. The fraction of sp³-hybridized carbons (Fsp3) is 0. The maximum Gasteiger partial charge on any atom is 0.158 e. The van der Waals surface area contributed by atoms with Gasteiger partial charge in [-0.05, 0) is 12.1 Å². The highest BCUT2D eigenvalue weighted by Gasteiger charge is 2.26. The third kappa shape index (κ3) is 1.42. The second-order valence-corrected chi connectivity index (χ2v) is 5.12. The first-order valence-corrected chi connectivity index (χ1v) is 6.21. The highest BCUT2D eigenvalue weighted by atomic mass is 35.5. The van der Waals surface area contributed by atoms with Crippen LogP contribution in [0.2, 0.25) is 0 Å². The molecule has 3 heterocycles. The van der Waals surface area contributed by atoms with Gasteiger partial charge in [0.05, 0.1) is 4.88 Å². The van der Waals surface area contributed by atoms with Gasteiger partial charge in [0.2, 0.25) is 0 Å². The maximum absolute atomic E-state index is 2.25. The molecule has 2 aromatic rings. The monoisotopic (exact) mass is 259 g/mol. The fourth-order valence-electron chi connectivity index (χ4n) is 2.39. The molecular formula is C14H10ClNS. The summed E-state index contributed by atoms with van der Waals surface area (Å²) in [6.45, 7) is 0. The zero-order valence-corrected chi connectivity index (χ0v) is 10.6. The van der Waals surface area contributed by atoms with Crippen LogP contribution in [0.5, 0.6) is 0 Å². The number of quaternary nitrogens is 1. The Morgan fingerprint density at radius 3 is 2.88 bits per heavy atom. The molecule has 0 fully saturated rings. The molecule has 0 amide bonds. The van der Waals surface area contributed by atoms with Crippen molar-refractivity contribution in [3.63, 3.8) is 0 Å². The second-order valence-electron chi connectivity index (χ2n) is 4.07. The molecule has 1 nitrogen and oxygen atoms in total. The molecular weight excluding hydrogens is 250 g/mol. The Labute approximate surface area is 110 Å². The predicted molar refractivity (Wildman–Crippen MR) is 68.9 cm³/mol. The number of hydrogen-bond acceptors (Lipinski definition) is 1. The molecule has 2 aliphatic heterocycles. The van der Waals surface area contributed by atoms with E-state index in [1.165, 1.54) is 31.1 Å². The van der Waals surface area contributed by atoms with Crippen molar-refractivity contribution in [2.75, 3.05) is 0 Å². The number of benzene rings is 1. The van der Waals surface area contributed by atoms with Gasteiger partial charge in [0.15, 0.2) is 5.70 Å². The van der Waals surface area contributed by atoms with E-state index in [0.717, 1.165) is 0 Å². The lowest BCUT2D eigenvalue weighted by atomic mass is 10.1. The molecule has 0 saturated heterocycles. The highest BCUT2D eigenvalue weighted by Crippen LogP contribution is 2.36. The van der Waals surface area contributed by atoms with Gasteiger partial charge in [-0.3, -0.25) is 0 Å². The van der Waals surface area contributed by atoms with E-state index < -0.39 is 0 Å². The van der Waals surface area contributed by atoms with Gasteiger partial charge in [-0.2, -0.15) is 0 Å².